The van der Waals surface area contributed by atoms with Crippen LogP contribution in [0.3, 0.4) is 0 Å². The van der Waals surface area contributed by atoms with E-state index in [2.05, 4.69) is 15.6 Å². The zero-order valence-corrected chi connectivity index (χ0v) is 19.5. The highest BCUT2D eigenvalue weighted by molar-refractivity contribution is 8.01. The van der Waals surface area contributed by atoms with Crippen molar-refractivity contribution in [2.75, 3.05) is 13.1 Å². The Kier molecular flexibility index (Phi) is 8.24. The maximum atomic E-state index is 13.0. The van der Waals surface area contributed by atoms with Crippen molar-refractivity contribution in [2.45, 2.75) is 29.9 Å². The Morgan fingerprint density at radius 1 is 1.03 bits per heavy atom. The van der Waals surface area contributed by atoms with Crippen molar-refractivity contribution in [1.82, 2.24) is 15.6 Å². The Labute approximate surface area is 194 Å². The minimum atomic E-state index is -1.02. The fourth-order valence-electron chi connectivity index (χ4n) is 3.32. The van der Waals surface area contributed by atoms with Crippen molar-refractivity contribution in [3.8, 4) is 0 Å². The van der Waals surface area contributed by atoms with Gasteiger partial charge in [-0.1, -0.05) is 36.0 Å². The number of aromatic carboxylic acids is 1. The maximum absolute atomic E-state index is 13.0. The second-order valence-corrected chi connectivity index (χ2v) is 9.49. The topological polar surface area (TPSA) is 108 Å². The first-order valence-electron chi connectivity index (χ1n) is 10.3. The van der Waals surface area contributed by atoms with Gasteiger partial charge in [-0.15, -0.1) is 11.3 Å². The predicted octanol–water partition coefficient (Wildman–Crippen LogP) is 4.11. The molecule has 0 radical (unpaired) electrons. The first-order valence-corrected chi connectivity index (χ1v) is 12.0. The molecule has 0 spiro atoms. The highest BCUT2D eigenvalue weighted by atomic mass is 32.2. The van der Waals surface area contributed by atoms with Gasteiger partial charge in [-0.3, -0.25) is 9.59 Å². The first kappa shape index (κ1) is 23.7. The molecular formula is C23H25N3O4S2. The fraction of sp³-hybridized carbons (Fsp3) is 0.304. The van der Waals surface area contributed by atoms with Crippen LogP contribution < -0.4 is 10.6 Å². The van der Waals surface area contributed by atoms with Crippen LogP contribution in [0.25, 0.3) is 10.2 Å². The second kappa shape index (κ2) is 11.1. The van der Waals surface area contributed by atoms with Gasteiger partial charge < -0.3 is 15.7 Å². The number of rotatable bonds is 10. The second-order valence-electron chi connectivity index (χ2n) is 7.07. The lowest BCUT2D eigenvalue weighted by molar-refractivity contribution is -0.130. The Morgan fingerprint density at radius 3 is 2.34 bits per heavy atom. The summed E-state index contributed by atoms with van der Waals surface area (Å²) in [4.78, 5) is 41.4. The molecule has 0 aliphatic rings. The number of amides is 2. The number of nitrogens with one attached hydrogen (secondary N) is 2. The number of fused-ring (bicyclic) bond motifs is 1. The van der Waals surface area contributed by atoms with Gasteiger partial charge in [0, 0.05) is 24.8 Å². The number of carboxylic acids is 1. The van der Waals surface area contributed by atoms with Gasteiger partial charge >= 0.3 is 5.97 Å². The van der Waals surface area contributed by atoms with Crippen molar-refractivity contribution < 1.29 is 19.5 Å². The zero-order chi connectivity index (χ0) is 23.1. The van der Waals surface area contributed by atoms with Crippen molar-refractivity contribution in [3.05, 3.63) is 59.7 Å². The lowest BCUT2D eigenvalue weighted by Gasteiger charge is -2.25. The van der Waals surface area contributed by atoms with E-state index in [0.29, 0.717) is 13.1 Å². The molecule has 0 fully saturated rings. The number of carbonyl (C=O) groups is 3. The largest absolute Gasteiger partial charge is 0.478 e. The molecule has 0 bridgehead atoms. The van der Waals surface area contributed by atoms with E-state index in [-0.39, 0.29) is 23.8 Å². The zero-order valence-electron chi connectivity index (χ0n) is 17.8. The molecule has 32 heavy (non-hydrogen) atoms. The summed E-state index contributed by atoms with van der Waals surface area (Å²) >= 11 is 2.95. The number of benzene rings is 2. The normalized spacial score (nSPS) is 12.8. The van der Waals surface area contributed by atoms with E-state index in [9.17, 15) is 19.5 Å². The lowest BCUT2D eigenvalue weighted by Crippen LogP contribution is -2.37. The molecule has 3 rings (SSSR count). The van der Waals surface area contributed by atoms with Crippen molar-refractivity contribution in [1.29, 1.82) is 0 Å². The predicted molar refractivity (Wildman–Crippen MR) is 127 cm³/mol. The molecular weight excluding hydrogens is 446 g/mol. The minimum Gasteiger partial charge on any atom is -0.478 e. The molecule has 0 aliphatic heterocycles. The lowest BCUT2D eigenvalue weighted by atomic mass is 9.93. The van der Waals surface area contributed by atoms with Crippen molar-refractivity contribution >= 4 is 51.1 Å². The highest BCUT2D eigenvalue weighted by Gasteiger charge is 2.33. The number of thioether (sulfide) groups is 1. The maximum Gasteiger partial charge on any atom is 0.335 e. The van der Waals surface area contributed by atoms with Gasteiger partial charge in [0.1, 0.15) is 0 Å². The Hall–Kier alpha value is -2.91. The smallest absolute Gasteiger partial charge is 0.335 e. The molecule has 168 valence electrons. The molecule has 1 heterocycles. The minimum absolute atomic E-state index is 0.0168. The van der Waals surface area contributed by atoms with Gasteiger partial charge in [0.05, 0.1) is 21.7 Å². The number of thiazole rings is 1. The summed E-state index contributed by atoms with van der Waals surface area (Å²) in [7, 11) is 0. The number of aromatic nitrogens is 1. The number of nitrogens with zero attached hydrogens (tertiary/aromatic N) is 1. The molecule has 7 nitrogen and oxygen atoms in total. The van der Waals surface area contributed by atoms with Crippen LogP contribution in [0.4, 0.5) is 0 Å². The van der Waals surface area contributed by atoms with E-state index >= 15 is 0 Å². The van der Waals surface area contributed by atoms with Crippen molar-refractivity contribution in [2.24, 2.45) is 5.92 Å². The summed E-state index contributed by atoms with van der Waals surface area (Å²) < 4.78 is 1.82. The van der Waals surface area contributed by atoms with E-state index in [1.54, 1.807) is 12.1 Å². The number of para-hydroxylation sites is 1. The molecule has 3 N–H and O–H groups in total. The van der Waals surface area contributed by atoms with Crippen LogP contribution in [0, 0.1) is 5.92 Å². The van der Waals surface area contributed by atoms with E-state index in [0.717, 1.165) is 20.1 Å². The molecule has 2 aromatic carbocycles. The van der Waals surface area contributed by atoms with Crippen LogP contribution in [0.2, 0.25) is 0 Å². The summed E-state index contributed by atoms with van der Waals surface area (Å²) in [5, 5.41) is 14.4. The van der Waals surface area contributed by atoms with E-state index in [1.165, 1.54) is 35.2 Å². The monoisotopic (exact) mass is 471 g/mol. The summed E-state index contributed by atoms with van der Waals surface area (Å²) in [6, 6.07) is 14.2. The summed E-state index contributed by atoms with van der Waals surface area (Å²) in [5.41, 5.74) is 1.80. The van der Waals surface area contributed by atoms with Crippen LogP contribution in [-0.2, 0) is 9.59 Å². The molecule has 0 saturated carbocycles. The molecule has 2 atom stereocenters. The highest BCUT2D eigenvalue weighted by Crippen LogP contribution is 2.44. The summed E-state index contributed by atoms with van der Waals surface area (Å²) in [6.07, 6.45) is 0.0168. The van der Waals surface area contributed by atoms with E-state index in [4.69, 9.17) is 0 Å². The van der Waals surface area contributed by atoms with Gasteiger partial charge in [-0.05, 0) is 43.7 Å². The third-order valence-electron chi connectivity index (χ3n) is 4.82. The molecule has 3 aromatic rings. The quantitative estimate of drug-likeness (QED) is 0.384. The van der Waals surface area contributed by atoms with Crippen LogP contribution in [0.1, 0.15) is 41.4 Å². The number of carbonyl (C=O) groups excluding carboxylic acids is 2. The summed E-state index contributed by atoms with van der Waals surface area (Å²) in [6.45, 7) is 4.58. The van der Waals surface area contributed by atoms with Crippen LogP contribution in [-0.4, -0.2) is 41.0 Å². The molecule has 2 amide bonds. The van der Waals surface area contributed by atoms with Gasteiger partial charge in [-0.25, -0.2) is 9.78 Å². The van der Waals surface area contributed by atoms with Crippen molar-refractivity contribution in [3.63, 3.8) is 0 Å². The van der Waals surface area contributed by atoms with Crippen LogP contribution in [0.15, 0.2) is 52.9 Å². The molecule has 2 unspecified atom stereocenters. The average Bonchev–Trinajstić information content (AvgIpc) is 3.19. The number of hydrogen-bond donors (Lipinski definition) is 3. The van der Waals surface area contributed by atoms with Gasteiger partial charge in [0.15, 0.2) is 4.34 Å². The van der Waals surface area contributed by atoms with Crippen LogP contribution >= 0.6 is 23.1 Å². The molecule has 9 heteroatoms. The van der Waals surface area contributed by atoms with E-state index in [1.807, 2.05) is 38.1 Å². The third-order valence-corrected chi connectivity index (χ3v) is 7.34. The molecule has 0 aliphatic carbocycles. The molecule has 1 aromatic heterocycles. The number of carboxylic acid groups (broad SMARTS) is 1. The Morgan fingerprint density at radius 2 is 1.72 bits per heavy atom. The Bertz CT molecular complexity index is 1070. The first-order chi connectivity index (χ1) is 15.4. The third kappa shape index (κ3) is 5.86. The SMILES string of the molecule is CCNC(=O)CC(C(=O)NCC)C(Sc1nc2ccccc2s1)c1ccc(C(=O)O)cc1. The van der Waals surface area contributed by atoms with Gasteiger partial charge in [0.25, 0.3) is 0 Å². The average molecular weight is 472 g/mol. The van der Waals surface area contributed by atoms with Gasteiger partial charge in [-0.2, -0.15) is 0 Å². The summed E-state index contributed by atoms with van der Waals surface area (Å²) in [5.74, 6) is -2.11. The number of hydrogen-bond acceptors (Lipinski definition) is 6. The Balaban J connectivity index is 2.01. The standard InChI is InChI=1S/C23H25N3O4S2/c1-3-24-19(27)13-16(21(28)25-4-2)20(14-9-11-15(12-10-14)22(29)30)32-23-26-17-7-5-6-8-18(17)31-23/h5-12,16,20H,3-4,13H2,1-2H3,(H,24,27)(H,25,28)(H,29,30). The van der Waals surface area contributed by atoms with Gasteiger partial charge in [0.2, 0.25) is 11.8 Å². The fourth-order valence-corrected chi connectivity index (χ4v) is 5.83. The molecule has 0 saturated heterocycles. The van der Waals surface area contributed by atoms with Crippen LogP contribution in [0.5, 0.6) is 0 Å². The van der Waals surface area contributed by atoms with E-state index < -0.39 is 17.1 Å².